The Morgan fingerprint density at radius 2 is 2.06 bits per heavy atom. The van der Waals surface area contributed by atoms with Crippen molar-refractivity contribution in [1.82, 2.24) is 0 Å². The molecule has 0 bridgehead atoms. The van der Waals surface area contributed by atoms with Crippen molar-refractivity contribution in [2.45, 2.75) is 45.1 Å². The van der Waals surface area contributed by atoms with Crippen molar-refractivity contribution in [3.63, 3.8) is 0 Å². The van der Waals surface area contributed by atoms with Crippen LogP contribution in [0.15, 0.2) is 24.3 Å². The fourth-order valence-electron chi connectivity index (χ4n) is 1.91. The molecule has 0 aliphatic heterocycles. The minimum atomic E-state index is -1.14. The summed E-state index contributed by atoms with van der Waals surface area (Å²) in [7, 11) is 0. The summed E-state index contributed by atoms with van der Waals surface area (Å²) < 4.78 is 0. The summed E-state index contributed by atoms with van der Waals surface area (Å²) in [5.74, 6) is -0.908. The first-order valence-electron chi connectivity index (χ1n) is 6.06. The van der Waals surface area contributed by atoms with Crippen LogP contribution in [0.4, 0.5) is 0 Å². The Balaban J connectivity index is 2.87. The van der Waals surface area contributed by atoms with Gasteiger partial charge in [-0.3, -0.25) is 4.79 Å². The van der Waals surface area contributed by atoms with Crippen LogP contribution in [0, 0.1) is 6.92 Å². The van der Waals surface area contributed by atoms with E-state index in [2.05, 4.69) is 0 Å². The van der Waals surface area contributed by atoms with Crippen LogP contribution in [0.3, 0.4) is 0 Å². The second-order valence-electron chi connectivity index (χ2n) is 4.67. The number of aliphatic carboxylic acids is 1. The van der Waals surface area contributed by atoms with E-state index < -0.39 is 11.5 Å². The van der Waals surface area contributed by atoms with Gasteiger partial charge in [-0.2, -0.15) is 0 Å². The molecular formula is C14H21NO2. The third-order valence-corrected chi connectivity index (χ3v) is 3.17. The molecule has 0 saturated carbocycles. The van der Waals surface area contributed by atoms with Crippen molar-refractivity contribution in [1.29, 1.82) is 0 Å². The topological polar surface area (TPSA) is 63.3 Å². The molecule has 0 aliphatic carbocycles. The summed E-state index contributed by atoms with van der Waals surface area (Å²) in [6.07, 6.45) is 2.72. The van der Waals surface area contributed by atoms with E-state index in [1.54, 1.807) is 0 Å². The lowest BCUT2D eigenvalue weighted by Crippen LogP contribution is -2.50. The number of rotatable bonds is 6. The first kappa shape index (κ1) is 13.7. The molecule has 3 N–H and O–H groups in total. The van der Waals surface area contributed by atoms with Gasteiger partial charge in [-0.25, -0.2) is 0 Å². The molecular weight excluding hydrogens is 214 g/mol. The molecule has 0 aromatic heterocycles. The lowest BCUT2D eigenvalue weighted by molar-refractivity contribution is -0.143. The lowest BCUT2D eigenvalue weighted by atomic mass is 9.85. The molecule has 3 nitrogen and oxygen atoms in total. The van der Waals surface area contributed by atoms with E-state index in [1.165, 1.54) is 0 Å². The van der Waals surface area contributed by atoms with Gasteiger partial charge in [-0.1, -0.05) is 44.0 Å². The van der Waals surface area contributed by atoms with E-state index in [9.17, 15) is 9.90 Å². The SMILES string of the molecule is CCCC[C@@](N)(Cc1ccccc1C)C(=O)O. The van der Waals surface area contributed by atoms with Gasteiger partial charge in [0.25, 0.3) is 0 Å². The highest BCUT2D eigenvalue weighted by molar-refractivity contribution is 5.79. The lowest BCUT2D eigenvalue weighted by Gasteiger charge is -2.25. The Bertz CT molecular complexity index is 390. The van der Waals surface area contributed by atoms with Gasteiger partial charge >= 0.3 is 5.97 Å². The number of unbranched alkanes of at least 4 members (excludes halogenated alkanes) is 1. The smallest absolute Gasteiger partial charge is 0.324 e. The number of hydrogen-bond donors (Lipinski definition) is 2. The summed E-state index contributed by atoms with van der Waals surface area (Å²) in [5, 5.41) is 9.29. The van der Waals surface area contributed by atoms with E-state index >= 15 is 0 Å². The maximum absolute atomic E-state index is 11.3. The van der Waals surface area contributed by atoms with Crippen LogP contribution >= 0.6 is 0 Å². The van der Waals surface area contributed by atoms with Crippen molar-refractivity contribution in [2.75, 3.05) is 0 Å². The molecule has 1 atom stereocenters. The Labute approximate surface area is 103 Å². The number of benzene rings is 1. The Morgan fingerprint density at radius 1 is 1.41 bits per heavy atom. The minimum Gasteiger partial charge on any atom is -0.480 e. The van der Waals surface area contributed by atoms with Crippen molar-refractivity contribution < 1.29 is 9.90 Å². The van der Waals surface area contributed by atoms with Crippen molar-refractivity contribution in [3.8, 4) is 0 Å². The van der Waals surface area contributed by atoms with Crippen LogP contribution in [0.25, 0.3) is 0 Å². The highest BCUT2D eigenvalue weighted by Crippen LogP contribution is 2.20. The zero-order chi connectivity index (χ0) is 12.9. The van der Waals surface area contributed by atoms with Gasteiger partial charge in [0.05, 0.1) is 0 Å². The summed E-state index contributed by atoms with van der Waals surface area (Å²) in [4.78, 5) is 11.3. The van der Waals surface area contributed by atoms with Crippen LogP contribution in [0.2, 0.25) is 0 Å². The van der Waals surface area contributed by atoms with Gasteiger partial charge < -0.3 is 10.8 Å². The quantitative estimate of drug-likeness (QED) is 0.796. The number of nitrogens with two attached hydrogens (primary N) is 1. The molecule has 0 aliphatic rings. The van der Waals surface area contributed by atoms with E-state index in [-0.39, 0.29) is 0 Å². The monoisotopic (exact) mass is 235 g/mol. The minimum absolute atomic E-state index is 0.398. The molecule has 0 amide bonds. The molecule has 1 aromatic rings. The van der Waals surface area contributed by atoms with Crippen LogP contribution in [-0.2, 0) is 11.2 Å². The van der Waals surface area contributed by atoms with Gasteiger partial charge in [-0.15, -0.1) is 0 Å². The summed E-state index contributed by atoms with van der Waals surface area (Å²) in [6, 6.07) is 7.80. The Morgan fingerprint density at radius 3 is 2.59 bits per heavy atom. The number of hydrogen-bond acceptors (Lipinski definition) is 2. The van der Waals surface area contributed by atoms with E-state index in [4.69, 9.17) is 5.73 Å². The van der Waals surface area contributed by atoms with E-state index in [0.717, 1.165) is 24.0 Å². The van der Waals surface area contributed by atoms with Crippen molar-refractivity contribution >= 4 is 5.97 Å². The second-order valence-corrected chi connectivity index (χ2v) is 4.67. The zero-order valence-corrected chi connectivity index (χ0v) is 10.6. The van der Waals surface area contributed by atoms with Crippen LogP contribution in [-0.4, -0.2) is 16.6 Å². The van der Waals surface area contributed by atoms with Crippen LogP contribution in [0.1, 0.15) is 37.3 Å². The largest absolute Gasteiger partial charge is 0.480 e. The van der Waals surface area contributed by atoms with Gasteiger partial charge in [0.2, 0.25) is 0 Å². The van der Waals surface area contributed by atoms with Gasteiger partial charge in [0.15, 0.2) is 0 Å². The van der Waals surface area contributed by atoms with Crippen molar-refractivity contribution in [3.05, 3.63) is 35.4 Å². The normalized spacial score (nSPS) is 14.3. The average molecular weight is 235 g/mol. The van der Waals surface area contributed by atoms with Gasteiger partial charge in [0, 0.05) is 6.42 Å². The standard InChI is InChI=1S/C14H21NO2/c1-3-4-9-14(15,13(16)17)10-12-8-6-5-7-11(12)2/h5-8H,3-4,9-10,15H2,1-2H3,(H,16,17)/t14-/m1/s1. The first-order chi connectivity index (χ1) is 7.99. The molecule has 0 radical (unpaired) electrons. The number of aryl methyl sites for hydroxylation is 1. The number of carboxylic acids is 1. The predicted octanol–water partition coefficient (Wildman–Crippen LogP) is 2.51. The molecule has 0 unspecified atom stereocenters. The third kappa shape index (κ3) is 3.56. The van der Waals surface area contributed by atoms with E-state index in [1.807, 2.05) is 38.1 Å². The molecule has 3 heteroatoms. The maximum atomic E-state index is 11.3. The highest BCUT2D eigenvalue weighted by atomic mass is 16.4. The van der Waals surface area contributed by atoms with Crippen molar-refractivity contribution in [2.24, 2.45) is 5.73 Å². The fourth-order valence-corrected chi connectivity index (χ4v) is 1.91. The summed E-state index contributed by atoms with van der Waals surface area (Å²) in [5.41, 5.74) is 7.01. The number of carbonyl (C=O) groups is 1. The van der Waals surface area contributed by atoms with Gasteiger partial charge in [-0.05, 0) is 24.5 Å². The summed E-state index contributed by atoms with van der Waals surface area (Å²) >= 11 is 0. The molecule has 1 rings (SSSR count). The maximum Gasteiger partial charge on any atom is 0.324 e. The van der Waals surface area contributed by atoms with E-state index in [0.29, 0.717) is 12.8 Å². The molecule has 17 heavy (non-hydrogen) atoms. The third-order valence-electron chi connectivity index (χ3n) is 3.17. The molecule has 0 spiro atoms. The predicted molar refractivity (Wildman–Crippen MR) is 69.0 cm³/mol. The van der Waals surface area contributed by atoms with Crippen LogP contribution < -0.4 is 5.73 Å². The van der Waals surface area contributed by atoms with Crippen LogP contribution in [0.5, 0.6) is 0 Å². The second kappa shape index (κ2) is 5.82. The average Bonchev–Trinajstić information content (AvgIpc) is 2.29. The Hall–Kier alpha value is -1.35. The molecule has 0 fully saturated rings. The molecule has 0 saturated heterocycles. The zero-order valence-electron chi connectivity index (χ0n) is 10.6. The Kier molecular flexibility index (Phi) is 4.70. The number of carboxylic acid groups (broad SMARTS) is 1. The van der Waals surface area contributed by atoms with Gasteiger partial charge in [0.1, 0.15) is 5.54 Å². The highest BCUT2D eigenvalue weighted by Gasteiger charge is 2.33. The molecule has 94 valence electrons. The first-order valence-corrected chi connectivity index (χ1v) is 6.06. The summed E-state index contributed by atoms with van der Waals surface area (Å²) in [6.45, 7) is 4.02. The molecule has 1 aromatic carbocycles. The fraction of sp³-hybridized carbons (Fsp3) is 0.500. The molecule has 0 heterocycles.